The predicted octanol–water partition coefficient (Wildman–Crippen LogP) is 1.89. The monoisotopic (exact) mass is 296 g/mol. The molecular formula is C13H16N2O4S. The number of aliphatic hydroxyl groups is 1. The van der Waals surface area contributed by atoms with E-state index < -0.39 is 16.6 Å². The van der Waals surface area contributed by atoms with Crippen LogP contribution in [0, 0.1) is 20.8 Å². The predicted molar refractivity (Wildman–Crippen MR) is 73.9 cm³/mol. The zero-order chi connectivity index (χ0) is 14.9. The Balaban J connectivity index is 2.43. The van der Waals surface area contributed by atoms with Crippen LogP contribution in [0.3, 0.4) is 0 Å². The van der Waals surface area contributed by atoms with Crippen molar-refractivity contribution in [2.75, 3.05) is 4.72 Å². The molecule has 2 aromatic rings. The summed E-state index contributed by atoms with van der Waals surface area (Å²) in [6.45, 7) is 4.58. The molecule has 0 atom stereocenters. The number of nitrogens with zero attached hydrogens (tertiary/aromatic N) is 1. The molecule has 2 heterocycles. The summed E-state index contributed by atoms with van der Waals surface area (Å²) in [6, 6.07) is 3.33. The van der Waals surface area contributed by atoms with E-state index in [9.17, 15) is 13.5 Å². The molecule has 0 spiro atoms. The van der Waals surface area contributed by atoms with E-state index in [1.54, 1.807) is 26.0 Å². The maximum absolute atomic E-state index is 12.4. The zero-order valence-corrected chi connectivity index (χ0v) is 12.3. The molecule has 0 saturated carbocycles. The van der Waals surface area contributed by atoms with Crippen molar-refractivity contribution in [1.82, 2.24) is 4.98 Å². The number of nitrogens with one attached hydrogen (secondary N) is 1. The first-order chi connectivity index (χ1) is 9.35. The number of hydrogen-bond donors (Lipinski definition) is 2. The lowest BCUT2D eigenvalue weighted by atomic mass is 10.2. The molecule has 6 nitrogen and oxygen atoms in total. The highest BCUT2D eigenvalue weighted by molar-refractivity contribution is 7.92. The average Bonchev–Trinajstić information content (AvgIpc) is 2.66. The van der Waals surface area contributed by atoms with Crippen molar-refractivity contribution >= 4 is 15.7 Å². The highest BCUT2D eigenvalue weighted by Crippen LogP contribution is 2.28. The number of pyridine rings is 1. The second-order valence-corrected chi connectivity index (χ2v) is 6.09. The van der Waals surface area contributed by atoms with Gasteiger partial charge in [-0.1, -0.05) is 0 Å². The first-order valence-corrected chi connectivity index (χ1v) is 7.48. The second kappa shape index (κ2) is 5.26. The van der Waals surface area contributed by atoms with Crippen molar-refractivity contribution in [3.05, 3.63) is 41.1 Å². The van der Waals surface area contributed by atoms with Crippen molar-refractivity contribution in [3.63, 3.8) is 0 Å². The van der Waals surface area contributed by atoms with Gasteiger partial charge in [0.05, 0.1) is 18.5 Å². The van der Waals surface area contributed by atoms with Crippen LogP contribution < -0.4 is 4.72 Å². The molecule has 2 rings (SSSR count). The van der Waals surface area contributed by atoms with Crippen LogP contribution in [0.2, 0.25) is 0 Å². The molecule has 2 N–H and O–H groups in total. The fourth-order valence-electron chi connectivity index (χ4n) is 1.98. The maximum atomic E-state index is 12.4. The van der Waals surface area contributed by atoms with Crippen LogP contribution in [0.25, 0.3) is 0 Å². The lowest BCUT2D eigenvalue weighted by Gasteiger charge is -2.08. The molecule has 20 heavy (non-hydrogen) atoms. The Bertz CT molecular complexity index is 718. The second-order valence-electron chi connectivity index (χ2n) is 4.47. The summed E-state index contributed by atoms with van der Waals surface area (Å²) in [5, 5.41) is 9.31. The molecule has 0 amide bonds. The minimum atomic E-state index is -3.82. The molecule has 0 saturated heterocycles. The third-order valence-corrected chi connectivity index (χ3v) is 4.49. The molecule has 0 bridgehead atoms. The van der Waals surface area contributed by atoms with E-state index in [1.807, 2.05) is 6.92 Å². The first kappa shape index (κ1) is 14.5. The molecule has 0 aromatic carbocycles. The van der Waals surface area contributed by atoms with Crippen molar-refractivity contribution in [1.29, 1.82) is 0 Å². The van der Waals surface area contributed by atoms with Crippen molar-refractivity contribution in [2.45, 2.75) is 32.3 Å². The summed E-state index contributed by atoms with van der Waals surface area (Å²) in [6.07, 6.45) is 1.44. The Labute approximate surface area is 117 Å². The quantitative estimate of drug-likeness (QED) is 0.899. The van der Waals surface area contributed by atoms with Crippen LogP contribution in [0.1, 0.15) is 22.8 Å². The fraction of sp³-hybridized carbons (Fsp3) is 0.308. The van der Waals surface area contributed by atoms with E-state index in [0.29, 0.717) is 11.4 Å². The lowest BCUT2D eigenvalue weighted by Crippen LogP contribution is -2.15. The van der Waals surface area contributed by atoms with Crippen LogP contribution in [-0.4, -0.2) is 18.5 Å². The molecular weight excluding hydrogens is 280 g/mol. The third-order valence-electron chi connectivity index (χ3n) is 2.92. The van der Waals surface area contributed by atoms with Crippen LogP contribution in [0.15, 0.2) is 27.6 Å². The van der Waals surface area contributed by atoms with E-state index >= 15 is 0 Å². The van der Waals surface area contributed by atoms with Crippen LogP contribution in [-0.2, 0) is 16.6 Å². The molecule has 0 aliphatic heterocycles. The highest BCUT2D eigenvalue weighted by Gasteiger charge is 2.26. The summed E-state index contributed by atoms with van der Waals surface area (Å²) in [5.41, 5.74) is 1.42. The first-order valence-electron chi connectivity index (χ1n) is 6.00. The summed E-state index contributed by atoms with van der Waals surface area (Å²) in [5.74, 6) is 0.645. The third kappa shape index (κ3) is 2.68. The number of furan rings is 1. The van der Waals surface area contributed by atoms with E-state index in [4.69, 9.17) is 4.42 Å². The lowest BCUT2D eigenvalue weighted by molar-refractivity contribution is 0.276. The zero-order valence-electron chi connectivity index (χ0n) is 11.5. The number of aryl methyl sites for hydroxylation is 3. The molecule has 7 heteroatoms. The van der Waals surface area contributed by atoms with Crippen molar-refractivity contribution < 1.29 is 17.9 Å². The van der Waals surface area contributed by atoms with Gasteiger partial charge in [0.2, 0.25) is 0 Å². The smallest absolute Gasteiger partial charge is 0.265 e. The van der Waals surface area contributed by atoms with Crippen LogP contribution in [0.4, 0.5) is 5.69 Å². The minimum Gasteiger partial charge on any atom is -0.465 e. The van der Waals surface area contributed by atoms with Gasteiger partial charge in [-0.3, -0.25) is 9.71 Å². The number of aliphatic hydroxyl groups excluding tert-OH is 1. The Morgan fingerprint density at radius 3 is 2.50 bits per heavy atom. The van der Waals surface area contributed by atoms with Gasteiger partial charge < -0.3 is 9.52 Å². The molecule has 0 aliphatic rings. The molecule has 0 unspecified atom stereocenters. The van der Waals surface area contributed by atoms with Gasteiger partial charge in [0.25, 0.3) is 10.0 Å². The number of sulfonamides is 1. The van der Waals surface area contributed by atoms with Gasteiger partial charge in [-0.15, -0.1) is 0 Å². The van der Waals surface area contributed by atoms with Gasteiger partial charge >= 0.3 is 0 Å². The number of anilines is 1. The molecule has 0 aliphatic carbocycles. The summed E-state index contributed by atoms with van der Waals surface area (Å²) in [4.78, 5) is 4.01. The Hall–Kier alpha value is -1.86. The summed E-state index contributed by atoms with van der Waals surface area (Å²) >= 11 is 0. The van der Waals surface area contributed by atoms with Crippen molar-refractivity contribution in [3.8, 4) is 0 Å². The maximum Gasteiger partial charge on any atom is 0.265 e. The van der Waals surface area contributed by atoms with Crippen LogP contribution in [0.5, 0.6) is 0 Å². The average molecular weight is 296 g/mol. The summed E-state index contributed by atoms with van der Waals surface area (Å²) in [7, 11) is -3.82. The Morgan fingerprint density at radius 2 is 1.95 bits per heavy atom. The number of aromatic nitrogens is 1. The fourth-order valence-corrected chi connectivity index (χ4v) is 3.46. The Morgan fingerprint density at radius 1 is 1.25 bits per heavy atom. The van der Waals surface area contributed by atoms with Gasteiger partial charge in [0, 0.05) is 11.3 Å². The van der Waals surface area contributed by atoms with E-state index in [0.717, 1.165) is 5.69 Å². The van der Waals surface area contributed by atoms with E-state index in [1.165, 1.54) is 6.20 Å². The Kier molecular flexibility index (Phi) is 3.82. The van der Waals surface area contributed by atoms with E-state index in [2.05, 4.69) is 9.71 Å². The van der Waals surface area contributed by atoms with Gasteiger partial charge in [0.15, 0.2) is 0 Å². The van der Waals surface area contributed by atoms with Crippen LogP contribution >= 0.6 is 0 Å². The highest BCUT2D eigenvalue weighted by atomic mass is 32.2. The number of hydrogen-bond acceptors (Lipinski definition) is 5. The van der Waals surface area contributed by atoms with Crippen molar-refractivity contribution in [2.24, 2.45) is 0 Å². The number of rotatable bonds is 4. The molecule has 2 aromatic heterocycles. The SMILES string of the molecule is Cc1ccc(NS(=O)(=O)c2c(C)oc(C)c2CO)cn1. The van der Waals surface area contributed by atoms with Gasteiger partial charge in [-0.2, -0.15) is 0 Å². The molecule has 0 fully saturated rings. The summed E-state index contributed by atoms with van der Waals surface area (Å²) < 4.78 is 32.5. The normalized spacial score (nSPS) is 11.6. The minimum absolute atomic E-state index is 0.0157. The topological polar surface area (TPSA) is 92.4 Å². The van der Waals surface area contributed by atoms with Gasteiger partial charge in [-0.25, -0.2) is 8.42 Å². The molecule has 0 radical (unpaired) electrons. The van der Waals surface area contributed by atoms with Gasteiger partial charge in [-0.05, 0) is 32.9 Å². The largest absolute Gasteiger partial charge is 0.465 e. The molecule has 108 valence electrons. The van der Waals surface area contributed by atoms with E-state index in [-0.39, 0.29) is 16.2 Å². The van der Waals surface area contributed by atoms with Gasteiger partial charge in [0.1, 0.15) is 16.4 Å². The standard InChI is InChI=1S/C13H16N2O4S/c1-8-4-5-11(6-14-8)15-20(17,18)13-10(3)19-9(2)12(13)7-16/h4-6,15-16H,7H2,1-3H3.